The minimum absolute atomic E-state index is 0.0250. The second kappa shape index (κ2) is 38.5. The van der Waals surface area contributed by atoms with Gasteiger partial charge in [-0.15, -0.1) is 0 Å². The molecule has 0 aliphatic rings. The summed E-state index contributed by atoms with van der Waals surface area (Å²) in [7, 11) is 1.45. The van der Waals surface area contributed by atoms with Crippen LogP contribution in [0.5, 0.6) is 0 Å². The van der Waals surface area contributed by atoms with Crippen LogP contribution >= 0.6 is 7.82 Å². The van der Waals surface area contributed by atoms with Crippen molar-refractivity contribution in [3.05, 3.63) is 48.6 Å². The van der Waals surface area contributed by atoms with Crippen molar-refractivity contribution in [3.8, 4) is 0 Å². The average Bonchev–Trinajstić information content (AvgIpc) is 3.15. The smallest absolute Gasteiger partial charge is 0.462 e. The first kappa shape index (κ1) is 54.0. The summed E-state index contributed by atoms with van der Waals surface area (Å²) in [6.45, 7) is 4.35. The Balaban J connectivity index is 4.41. The number of quaternary nitrogens is 1. The standard InChI is InChI=1S/C46H84NO8P/c1-6-8-10-12-14-16-18-20-22-23-25-26-28-30-32-34-36-38-45(48)52-42-44(43-54-56(50,51)53-41-40-47(3,4)5)55-46(49)39-37-35-33-31-29-27-24-21-19-17-15-13-11-9-7-2/h14,16,20-22,24-26,44H,6-13,15,17-19,23,27-43H2,1-5H3/p+1/b16-14-,22-20-,24-21-,26-25-/t44-/m1/s1. The Labute approximate surface area is 343 Å². The van der Waals surface area contributed by atoms with E-state index in [9.17, 15) is 19.0 Å². The lowest BCUT2D eigenvalue weighted by atomic mass is 10.1. The number of rotatable bonds is 40. The lowest BCUT2D eigenvalue weighted by molar-refractivity contribution is -0.870. The van der Waals surface area contributed by atoms with Gasteiger partial charge in [-0.05, 0) is 77.0 Å². The number of nitrogens with zero attached hydrogens (tertiary/aromatic N) is 1. The number of ether oxygens (including phenoxy) is 2. The second-order valence-corrected chi connectivity index (χ2v) is 17.5. The number of allylic oxidation sites excluding steroid dienone is 8. The molecule has 10 heteroatoms. The SMILES string of the molecule is CCCCC/C=C\C/C=C\C/C=C\CCCCCCC(=O)OC[C@H](COP(=O)(O)OCC[N+](C)(C)C)OC(=O)CCCCCCC/C=C\CCCCCCCC. The topological polar surface area (TPSA) is 108 Å². The second-order valence-electron chi connectivity index (χ2n) is 16.1. The molecule has 0 fully saturated rings. The molecule has 56 heavy (non-hydrogen) atoms. The van der Waals surface area contributed by atoms with Gasteiger partial charge in [-0.1, -0.05) is 140 Å². The van der Waals surface area contributed by atoms with Gasteiger partial charge >= 0.3 is 19.8 Å². The maximum Gasteiger partial charge on any atom is 0.472 e. The Morgan fingerprint density at radius 2 is 0.964 bits per heavy atom. The molecule has 0 aliphatic carbocycles. The minimum Gasteiger partial charge on any atom is -0.462 e. The number of phosphoric acid groups is 1. The first-order chi connectivity index (χ1) is 27.0. The Hall–Kier alpha value is -2.03. The van der Waals surface area contributed by atoms with Crippen LogP contribution in [0.3, 0.4) is 0 Å². The number of esters is 2. The number of hydrogen-bond donors (Lipinski definition) is 1. The zero-order chi connectivity index (χ0) is 41.4. The normalized spacial score (nSPS) is 14.0. The van der Waals surface area contributed by atoms with Crippen molar-refractivity contribution in [2.24, 2.45) is 0 Å². The molecule has 0 aliphatic heterocycles. The van der Waals surface area contributed by atoms with Gasteiger partial charge in [0.2, 0.25) is 0 Å². The van der Waals surface area contributed by atoms with Crippen LogP contribution in [-0.4, -0.2) is 74.9 Å². The summed E-state index contributed by atoms with van der Waals surface area (Å²) in [4.78, 5) is 35.4. The molecular formula is C46H85NO8P+. The van der Waals surface area contributed by atoms with Crippen LogP contribution in [0.1, 0.15) is 181 Å². The van der Waals surface area contributed by atoms with E-state index < -0.39 is 32.5 Å². The Kier molecular flexibility index (Phi) is 37.1. The fourth-order valence-corrected chi connectivity index (χ4v) is 6.52. The van der Waals surface area contributed by atoms with Crippen molar-refractivity contribution in [3.63, 3.8) is 0 Å². The molecule has 9 nitrogen and oxygen atoms in total. The van der Waals surface area contributed by atoms with Gasteiger partial charge in [-0.3, -0.25) is 18.6 Å². The van der Waals surface area contributed by atoms with E-state index in [0.29, 0.717) is 23.9 Å². The van der Waals surface area contributed by atoms with Crippen LogP contribution in [-0.2, 0) is 32.7 Å². The lowest BCUT2D eigenvalue weighted by Crippen LogP contribution is -2.37. The Morgan fingerprint density at radius 3 is 1.48 bits per heavy atom. The molecule has 0 bridgehead atoms. The van der Waals surface area contributed by atoms with Gasteiger partial charge in [-0.2, -0.15) is 0 Å². The fraction of sp³-hybridized carbons (Fsp3) is 0.783. The summed E-state index contributed by atoms with van der Waals surface area (Å²) in [6.07, 6.45) is 44.4. The van der Waals surface area contributed by atoms with E-state index in [1.165, 1.54) is 70.6 Å². The molecule has 0 spiro atoms. The molecule has 326 valence electrons. The molecule has 0 saturated heterocycles. The zero-order valence-corrected chi connectivity index (χ0v) is 37.5. The molecular weight excluding hydrogens is 725 g/mol. The van der Waals surface area contributed by atoms with Crippen molar-refractivity contribution in [2.45, 2.75) is 187 Å². The molecule has 0 aromatic rings. The van der Waals surface area contributed by atoms with Gasteiger partial charge < -0.3 is 18.9 Å². The van der Waals surface area contributed by atoms with E-state index in [-0.39, 0.29) is 26.1 Å². The fourth-order valence-electron chi connectivity index (χ4n) is 5.78. The van der Waals surface area contributed by atoms with Gasteiger partial charge in [0.15, 0.2) is 6.10 Å². The third kappa shape index (κ3) is 41.6. The highest BCUT2D eigenvalue weighted by Crippen LogP contribution is 2.43. The molecule has 2 atom stereocenters. The molecule has 0 saturated carbocycles. The molecule has 0 aromatic heterocycles. The van der Waals surface area contributed by atoms with Crippen molar-refractivity contribution >= 4 is 19.8 Å². The van der Waals surface area contributed by atoms with E-state index in [1.54, 1.807) is 0 Å². The Morgan fingerprint density at radius 1 is 0.554 bits per heavy atom. The monoisotopic (exact) mass is 811 g/mol. The highest BCUT2D eigenvalue weighted by atomic mass is 31.2. The molecule has 0 amide bonds. The summed E-state index contributed by atoms with van der Waals surface area (Å²) in [6, 6.07) is 0. The van der Waals surface area contributed by atoms with E-state index >= 15 is 0 Å². The first-order valence-corrected chi connectivity index (χ1v) is 23.9. The summed E-state index contributed by atoms with van der Waals surface area (Å²) in [5.74, 6) is -0.835. The average molecular weight is 811 g/mol. The number of hydrogen-bond acceptors (Lipinski definition) is 7. The molecule has 1 N–H and O–H groups in total. The predicted octanol–water partition coefficient (Wildman–Crippen LogP) is 12.7. The molecule has 1 unspecified atom stereocenters. The largest absolute Gasteiger partial charge is 0.472 e. The molecule has 0 aromatic carbocycles. The van der Waals surface area contributed by atoms with E-state index in [4.69, 9.17) is 18.5 Å². The number of likely N-dealkylation sites (N-methyl/N-ethyl adjacent to an activating group) is 1. The number of unbranched alkanes of at least 4 members (excludes halogenated alkanes) is 18. The summed E-state index contributed by atoms with van der Waals surface area (Å²) < 4.78 is 34.3. The third-order valence-electron chi connectivity index (χ3n) is 9.33. The van der Waals surface area contributed by atoms with Crippen molar-refractivity contribution in [1.82, 2.24) is 0 Å². The number of carbonyl (C=O) groups excluding carboxylic acids is 2. The van der Waals surface area contributed by atoms with Crippen LogP contribution in [0.15, 0.2) is 48.6 Å². The minimum atomic E-state index is -4.38. The molecule has 0 rings (SSSR count). The predicted molar refractivity (Wildman–Crippen MR) is 233 cm³/mol. The molecule has 0 heterocycles. The quantitative estimate of drug-likeness (QED) is 0.0214. The van der Waals surface area contributed by atoms with Crippen molar-refractivity contribution in [1.29, 1.82) is 0 Å². The molecule has 0 radical (unpaired) electrons. The summed E-state index contributed by atoms with van der Waals surface area (Å²) in [5, 5.41) is 0. The van der Waals surface area contributed by atoms with Crippen molar-refractivity contribution < 1.29 is 42.1 Å². The third-order valence-corrected chi connectivity index (χ3v) is 10.3. The van der Waals surface area contributed by atoms with Crippen LogP contribution in [0, 0.1) is 0 Å². The van der Waals surface area contributed by atoms with Gasteiger partial charge in [0.05, 0.1) is 27.7 Å². The summed E-state index contributed by atoms with van der Waals surface area (Å²) >= 11 is 0. The van der Waals surface area contributed by atoms with E-state index in [1.807, 2.05) is 21.1 Å². The number of phosphoric ester groups is 1. The van der Waals surface area contributed by atoms with Gasteiger partial charge in [0.1, 0.15) is 19.8 Å². The maximum atomic E-state index is 12.7. The van der Waals surface area contributed by atoms with Crippen LogP contribution in [0.25, 0.3) is 0 Å². The van der Waals surface area contributed by atoms with Crippen LogP contribution in [0.4, 0.5) is 0 Å². The van der Waals surface area contributed by atoms with E-state index in [0.717, 1.165) is 70.6 Å². The van der Waals surface area contributed by atoms with Crippen LogP contribution in [0.2, 0.25) is 0 Å². The maximum absolute atomic E-state index is 12.7. The van der Waals surface area contributed by atoms with E-state index in [2.05, 4.69) is 62.5 Å². The Bertz CT molecular complexity index is 1100. The highest BCUT2D eigenvalue weighted by molar-refractivity contribution is 7.47. The summed E-state index contributed by atoms with van der Waals surface area (Å²) in [5.41, 5.74) is 0. The van der Waals surface area contributed by atoms with Crippen molar-refractivity contribution in [2.75, 3.05) is 47.5 Å². The number of carbonyl (C=O) groups is 2. The van der Waals surface area contributed by atoms with Gasteiger partial charge in [-0.25, -0.2) is 4.57 Å². The van der Waals surface area contributed by atoms with Gasteiger partial charge in [0, 0.05) is 12.8 Å². The van der Waals surface area contributed by atoms with Gasteiger partial charge in [0.25, 0.3) is 0 Å². The zero-order valence-electron chi connectivity index (χ0n) is 36.6. The highest BCUT2D eigenvalue weighted by Gasteiger charge is 2.27. The lowest BCUT2D eigenvalue weighted by Gasteiger charge is -2.24. The van der Waals surface area contributed by atoms with Crippen LogP contribution < -0.4 is 0 Å². The first-order valence-electron chi connectivity index (χ1n) is 22.4.